The molecule has 1 saturated heterocycles. The second-order valence-electron chi connectivity index (χ2n) is 3.36. The molecule has 1 aromatic heterocycles. The fourth-order valence-corrected chi connectivity index (χ4v) is 1.47. The van der Waals surface area contributed by atoms with Crippen LogP contribution in [0.2, 0.25) is 0 Å². The van der Waals surface area contributed by atoms with Crippen molar-refractivity contribution >= 4 is 11.7 Å². The van der Waals surface area contributed by atoms with Gasteiger partial charge in [0.05, 0.1) is 0 Å². The molecule has 1 amide bonds. The summed E-state index contributed by atoms with van der Waals surface area (Å²) < 4.78 is 5.21. The molecule has 2 N–H and O–H groups in total. The number of rotatable bonds is 2. The Morgan fingerprint density at radius 3 is 3.20 bits per heavy atom. The van der Waals surface area contributed by atoms with Crippen LogP contribution >= 0.6 is 0 Å². The standard InChI is InChI=1S/C10H12N2O3/c13-7-3-1-5-11-9(7)12-10(14)8-4-2-6-15-8/h1,3,5,8,13H,2,4,6H2,(H,11,12,14). The molecule has 15 heavy (non-hydrogen) atoms. The highest BCUT2D eigenvalue weighted by molar-refractivity contribution is 5.94. The zero-order valence-electron chi connectivity index (χ0n) is 8.14. The number of nitrogens with zero attached hydrogens (tertiary/aromatic N) is 1. The first-order chi connectivity index (χ1) is 7.27. The largest absolute Gasteiger partial charge is 0.504 e. The number of carbonyl (C=O) groups excluding carboxylic acids is 1. The maximum atomic E-state index is 11.6. The lowest BCUT2D eigenvalue weighted by Crippen LogP contribution is -2.27. The molecule has 1 aromatic rings. The van der Waals surface area contributed by atoms with E-state index in [0.29, 0.717) is 6.61 Å². The summed E-state index contributed by atoms with van der Waals surface area (Å²) in [5.41, 5.74) is 0. The number of anilines is 1. The van der Waals surface area contributed by atoms with Gasteiger partial charge in [0, 0.05) is 12.8 Å². The van der Waals surface area contributed by atoms with Crippen LogP contribution in [0, 0.1) is 0 Å². The molecule has 1 fully saturated rings. The number of amides is 1. The van der Waals surface area contributed by atoms with Gasteiger partial charge in [-0.15, -0.1) is 0 Å². The Labute approximate surface area is 87.1 Å². The minimum absolute atomic E-state index is 0.0381. The van der Waals surface area contributed by atoms with Crippen molar-refractivity contribution in [2.45, 2.75) is 18.9 Å². The first kappa shape index (κ1) is 9.92. The molecular formula is C10H12N2O3. The van der Waals surface area contributed by atoms with Gasteiger partial charge in [0.25, 0.3) is 5.91 Å². The van der Waals surface area contributed by atoms with Crippen molar-refractivity contribution in [2.75, 3.05) is 11.9 Å². The first-order valence-corrected chi connectivity index (χ1v) is 4.84. The van der Waals surface area contributed by atoms with E-state index in [1.165, 1.54) is 12.3 Å². The van der Waals surface area contributed by atoms with Gasteiger partial charge in [-0.3, -0.25) is 4.79 Å². The van der Waals surface area contributed by atoms with Crippen LogP contribution in [0.1, 0.15) is 12.8 Å². The van der Waals surface area contributed by atoms with Gasteiger partial charge in [0.15, 0.2) is 11.6 Å². The average Bonchev–Trinajstić information content (AvgIpc) is 2.74. The van der Waals surface area contributed by atoms with Crippen molar-refractivity contribution in [2.24, 2.45) is 0 Å². The molecule has 80 valence electrons. The van der Waals surface area contributed by atoms with E-state index in [9.17, 15) is 9.90 Å². The highest BCUT2D eigenvalue weighted by atomic mass is 16.5. The van der Waals surface area contributed by atoms with Crippen LogP contribution < -0.4 is 5.32 Å². The van der Waals surface area contributed by atoms with Crippen LogP contribution in [-0.4, -0.2) is 28.7 Å². The van der Waals surface area contributed by atoms with E-state index < -0.39 is 6.10 Å². The van der Waals surface area contributed by atoms with E-state index >= 15 is 0 Å². The molecule has 0 aliphatic carbocycles. The molecule has 2 heterocycles. The van der Waals surface area contributed by atoms with Crippen LogP contribution in [0.15, 0.2) is 18.3 Å². The summed E-state index contributed by atoms with van der Waals surface area (Å²) in [6, 6.07) is 3.06. The molecule has 5 heteroatoms. The second kappa shape index (κ2) is 4.27. The minimum atomic E-state index is -0.411. The SMILES string of the molecule is O=C(Nc1ncccc1O)C1CCCO1. The summed E-state index contributed by atoms with van der Waals surface area (Å²) in [7, 11) is 0. The lowest BCUT2D eigenvalue weighted by atomic mass is 10.2. The molecule has 1 unspecified atom stereocenters. The monoisotopic (exact) mass is 208 g/mol. The van der Waals surface area contributed by atoms with Crippen molar-refractivity contribution in [1.29, 1.82) is 0 Å². The van der Waals surface area contributed by atoms with E-state index in [2.05, 4.69) is 10.3 Å². The Kier molecular flexibility index (Phi) is 2.82. The van der Waals surface area contributed by atoms with Crippen LogP contribution in [0.5, 0.6) is 5.75 Å². The normalized spacial score (nSPS) is 20.1. The van der Waals surface area contributed by atoms with Crippen LogP contribution in [-0.2, 0) is 9.53 Å². The Hall–Kier alpha value is -1.62. The van der Waals surface area contributed by atoms with Crippen molar-refractivity contribution in [3.63, 3.8) is 0 Å². The Bertz CT molecular complexity index is 361. The quantitative estimate of drug-likeness (QED) is 0.757. The Morgan fingerprint density at radius 2 is 2.53 bits per heavy atom. The van der Waals surface area contributed by atoms with Crippen molar-refractivity contribution in [1.82, 2.24) is 4.98 Å². The summed E-state index contributed by atoms with van der Waals surface area (Å²) in [4.78, 5) is 15.4. The van der Waals surface area contributed by atoms with E-state index in [-0.39, 0.29) is 17.5 Å². The molecule has 1 aliphatic rings. The number of aromatic hydroxyl groups is 1. The van der Waals surface area contributed by atoms with Gasteiger partial charge in [-0.2, -0.15) is 0 Å². The molecule has 0 radical (unpaired) electrons. The lowest BCUT2D eigenvalue weighted by Gasteiger charge is -2.10. The van der Waals surface area contributed by atoms with E-state index in [1.807, 2.05) is 0 Å². The highest BCUT2D eigenvalue weighted by Gasteiger charge is 2.24. The summed E-state index contributed by atoms with van der Waals surface area (Å²) in [6.07, 6.45) is 2.71. The molecule has 1 atom stereocenters. The maximum absolute atomic E-state index is 11.6. The molecule has 0 spiro atoms. The van der Waals surface area contributed by atoms with E-state index in [4.69, 9.17) is 4.74 Å². The molecular weight excluding hydrogens is 196 g/mol. The molecule has 0 bridgehead atoms. The third-order valence-electron chi connectivity index (χ3n) is 2.25. The fraction of sp³-hybridized carbons (Fsp3) is 0.400. The van der Waals surface area contributed by atoms with Crippen LogP contribution in [0.25, 0.3) is 0 Å². The summed E-state index contributed by atoms with van der Waals surface area (Å²) >= 11 is 0. The van der Waals surface area contributed by atoms with Gasteiger partial charge in [-0.1, -0.05) is 0 Å². The third-order valence-corrected chi connectivity index (χ3v) is 2.25. The average molecular weight is 208 g/mol. The lowest BCUT2D eigenvalue weighted by molar-refractivity contribution is -0.124. The molecule has 0 aromatic carbocycles. The number of ether oxygens (including phenoxy) is 1. The predicted octanol–water partition coefficient (Wildman–Crippen LogP) is 0.905. The number of aromatic nitrogens is 1. The van der Waals surface area contributed by atoms with E-state index in [1.54, 1.807) is 6.07 Å². The zero-order chi connectivity index (χ0) is 10.7. The number of hydrogen-bond acceptors (Lipinski definition) is 4. The third kappa shape index (κ3) is 2.24. The summed E-state index contributed by atoms with van der Waals surface area (Å²) in [5.74, 6) is -0.108. The molecule has 1 aliphatic heterocycles. The number of pyridine rings is 1. The first-order valence-electron chi connectivity index (χ1n) is 4.84. The minimum Gasteiger partial charge on any atom is -0.504 e. The molecule has 5 nitrogen and oxygen atoms in total. The molecule has 2 rings (SSSR count). The Balaban J connectivity index is 2.02. The summed E-state index contributed by atoms with van der Waals surface area (Å²) in [5, 5.41) is 11.9. The topological polar surface area (TPSA) is 71.5 Å². The Morgan fingerprint density at radius 1 is 1.67 bits per heavy atom. The van der Waals surface area contributed by atoms with Gasteiger partial charge in [-0.25, -0.2) is 4.98 Å². The van der Waals surface area contributed by atoms with Crippen molar-refractivity contribution in [3.05, 3.63) is 18.3 Å². The smallest absolute Gasteiger partial charge is 0.254 e. The fourth-order valence-electron chi connectivity index (χ4n) is 1.47. The van der Waals surface area contributed by atoms with Crippen LogP contribution in [0.4, 0.5) is 5.82 Å². The van der Waals surface area contributed by atoms with Gasteiger partial charge in [0.2, 0.25) is 0 Å². The van der Waals surface area contributed by atoms with Crippen molar-refractivity contribution in [3.8, 4) is 5.75 Å². The van der Waals surface area contributed by atoms with E-state index in [0.717, 1.165) is 12.8 Å². The van der Waals surface area contributed by atoms with Crippen LogP contribution in [0.3, 0.4) is 0 Å². The zero-order valence-corrected chi connectivity index (χ0v) is 8.14. The second-order valence-corrected chi connectivity index (χ2v) is 3.36. The predicted molar refractivity (Wildman–Crippen MR) is 53.5 cm³/mol. The maximum Gasteiger partial charge on any atom is 0.254 e. The van der Waals surface area contributed by atoms with Crippen molar-refractivity contribution < 1.29 is 14.6 Å². The van der Waals surface area contributed by atoms with Gasteiger partial charge >= 0.3 is 0 Å². The number of hydrogen-bond donors (Lipinski definition) is 2. The highest BCUT2D eigenvalue weighted by Crippen LogP contribution is 2.20. The molecule has 0 saturated carbocycles. The van der Waals surface area contributed by atoms with Gasteiger partial charge in [0.1, 0.15) is 6.10 Å². The number of nitrogens with one attached hydrogen (secondary N) is 1. The summed E-state index contributed by atoms with van der Waals surface area (Å²) in [6.45, 7) is 0.617. The van der Waals surface area contributed by atoms with Gasteiger partial charge in [-0.05, 0) is 25.0 Å². The number of carbonyl (C=O) groups is 1. The van der Waals surface area contributed by atoms with Gasteiger partial charge < -0.3 is 15.2 Å².